The molecule has 2 aliphatic rings. The highest BCUT2D eigenvalue weighted by atomic mass is 16.6. The summed E-state index contributed by atoms with van der Waals surface area (Å²) in [6.45, 7) is 1.49. The molecule has 0 aromatic heterocycles. The van der Waals surface area contributed by atoms with E-state index in [4.69, 9.17) is 14.2 Å². The van der Waals surface area contributed by atoms with Crippen LogP contribution in [0.1, 0.15) is 41.6 Å². The van der Waals surface area contributed by atoms with E-state index in [1.165, 1.54) is 6.07 Å². The molecule has 1 aliphatic heterocycles. The number of nitro benzene ring substituents is 1. The van der Waals surface area contributed by atoms with Gasteiger partial charge in [-0.05, 0) is 55.5 Å². The van der Waals surface area contributed by atoms with Crippen molar-refractivity contribution in [2.75, 3.05) is 25.6 Å². The summed E-state index contributed by atoms with van der Waals surface area (Å²) in [7, 11) is 1.56. The predicted octanol–water partition coefficient (Wildman–Crippen LogP) is 3.67. The fraction of sp³-hybridized carbons (Fsp3) is 0.435. The lowest BCUT2D eigenvalue weighted by Gasteiger charge is -2.15. The first kappa shape index (κ1) is 21.9. The van der Waals surface area contributed by atoms with Gasteiger partial charge in [-0.3, -0.25) is 14.9 Å². The summed E-state index contributed by atoms with van der Waals surface area (Å²) in [6.07, 6.45) is 4.14. The van der Waals surface area contributed by atoms with Gasteiger partial charge < -0.3 is 24.8 Å². The molecule has 9 nitrogen and oxygen atoms in total. The molecule has 1 saturated heterocycles. The number of benzene rings is 2. The predicted molar refractivity (Wildman–Crippen MR) is 118 cm³/mol. The van der Waals surface area contributed by atoms with Crippen molar-refractivity contribution in [2.45, 2.75) is 44.4 Å². The average Bonchev–Trinajstić information content (AvgIpc) is 3.46. The van der Waals surface area contributed by atoms with E-state index in [2.05, 4.69) is 10.6 Å². The number of nitrogens with one attached hydrogen (secondary N) is 2. The Hall–Kier alpha value is -3.33. The number of carbonyl (C=O) groups is 1. The summed E-state index contributed by atoms with van der Waals surface area (Å²) >= 11 is 0. The minimum atomic E-state index is -0.471. The van der Waals surface area contributed by atoms with E-state index >= 15 is 0 Å². The first-order valence-corrected chi connectivity index (χ1v) is 10.8. The number of methoxy groups -OCH3 is 1. The number of hydrogen-bond acceptors (Lipinski definition) is 7. The van der Waals surface area contributed by atoms with Crippen molar-refractivity contribution < 1.29 is 23.9 Å². The third-order valence-electron chi connectivity index (χ3n) is 5.52. The summed E-state index contributed by atoms with van der Waals surface area (Å²) in [5.74, 6) is 0.803. The van der Waals surface area contributed by atoms with Crippen molar-refractivity contribution in [1.82, 2.24) is 5.32 Å². The van der Waals surface area contributed by atoms with Gasteiger partial charge in [0.05, 0.1) is 18.1 Å². The van der Waals surface area contributed by atoms with Gasteiger partial charge in [-0.15, -0.1) is 0 Å². The van der Waals surface area contributed by atoms with E-state index in [1.807, 2.05) is 6.07 Å². The number of hydrogen-bond donors (Lipinski definition) is 2. The third-order valence-corrected chi connectivity index (χ3v) is 5.52. The number of anilines is 1. The van der Waals surface area contributed by atoms with Crippen LogP contribution in [0.25, 0.3) is 0 Å². The van der Waals surface area contributed by atoms with Crippen molar-refractivity contribution in [3.63, 3.8) is 0 Å². The molecule has 1 unspecified atom stereocenters. The first-order valence-electron chi connectivity index (χ1n) is 10.8. The second-order valence-corrected chi connectivity index (χ2v) is 8.02. The molecule has 1 atom stereocenters. The third kappa shape index (κ3) is 5.47. The molecule has 0 spiro atoms. The minimum Gasteiger partial charge on any atom is -0.493 e. The molecule has 0 radical (unpaired) electrons. The Morgan fingerprint density at radius 2 is 2.03 bits per heavy atom. The van der Waals surface area contributed by atoms with Crippen LogP contribution >= 0.6 is 0 Å². The fourth-order valence-corrected chi connectivity index (χ4v) is 3.58. The molecule has 32 heavy (non-hydrogen) atoms. The van der Waals surface area contributed by atoms with Gasteiger partial charge in [-0.2, -0.15) is 0 Å². The second-order valence-electron chi connectivity index (χ2n) is 8.02. The van der Waals surface area contributed by atoms with E-state index in [0.29, 0.717) is 23.8 Å². The number of rotatable bonds is 10. The van der Waals surface area contributed by atoms with Gasteiger partial charge in [0.2, 0.25) is 0 Å². The first-order chi connectivity index (χ1) is 15.5. The maximum atomic E-state index is 12.6. The fourth-order valence-electron chi connectivity index (χ4n) is 3.58. The van der Waals surface area contributed by atoms with Crippen LogP contribution in [-0.2, 0) is 11.3 Å². The Bertz CT molecular complexity index is 986. The van der Waals surface area contributed by atoms with Crippen molar-refractivity contribution in [1.29, 1.82) is 0 Å². The minimum absolute atomic E-state index is 0.0982. The van der Waals surface area contributed by atoms with Crippen molar-refractivity contribution >= 4 is 17.3 Å². The van der Waals surface area contributed by atoms with Gasteiger partial charge in [0.15, 0.2) is 11.5 Å². The van der Waals surface area contributed by atoms with Crippen LogP contribution in [0.15, 0.2) is 36.4 Å². The lowest BCUT2D eigenvalue weighted by atomic mass is 10.1. The van der Waals surface area contributed by atoms with Crippen LogP contribution in [0.5, 0.6) is 11.5 Å². The molecular weight excluding hydrogens is 414 g/mol. The van der Waals surface area contributed by atoms with Gasteiger partial charge >= 0.3 is 0 Å². The molecule has 2 fully saturated rings. The molecule has 1 aliphatic carbocycles. The summed E-state index contributed by atoms with van der Waals surface area (Å²) in [4.78, 5) is 23.5. The molecule has 170 valence electrons. The summed E-state index contributed by atoms with van der Waals surface area (Å²) in [5.41, 5.74) is 1.40. The van der Waals surface area contributed by atoms with Crippen molar-refractivity contribution in [3.05, 3.63) is 57.6 Å². The van der Waals surface area contributed by atoms with E-state index in [0.717, 1.165) is 37.9 Å². The molecule has 0 bridgehead atoms. The Balaban J connectivity index is 1.37. The number of carbonyl (C=O) groups excluding carboxylic acids is 1. The summed E-state index contributed by atoms with van der Waals surface area (Å²) in [5, 5.41) is 17.3. The van der Waals surface area contributed by atoms with Gasteiger partial charge in [-0.1, -0.05) is 6.07 Å². The SMILES string of the molecule is COc1cc(CNC(=O)c2ccc(NC3CC3)c([N+](=O)[O-])c2)ccc1OCC1CCCO1. The summed E-state index contributed by atoms with van der Waals surface area (Å²) in [6, 6.07) is 10.2. The largest absolute Gasteiger partial charge is 0.493 e. The zero-order chi connectivity index (χ0) is 22.5. The molecule has 1 amide bonds. The molecular formula is C23H27N3O6. The van der Waals surface area contributed by atoms with Crippen LogP contribution < -0.4 is 20.1 Å². The van der Waals surface area contributed by atoms with E-state index < -0.39 is 4.92 Å². The second kappa shape index (κ2) is 9.86. The maximum Gasteiger partial charge on any atom is 0.293 e. The maximum absolute atomic E-state index is 12.6. The molecule has 2 aromatic carbocycles. The molecule has 2 aromatic rings. The van der Waals surface area contributed by atoms with Crippen LogP contribution in [-0.4, -0.2) is 43.3 Å². The van der Waals surface area contributed by atoms with E-state index in [-0.39, 0.29) is 35.8 Å². The Kier molecular flexibility index (Phi) is 6.75. The number of nitrogens with zero attached hydrogens (tertiary/aromatic N) is 1. The topological polar surface area (TPSA) is 112 Å². The van der Waals surface area contributed by atoms with Gasteiger partial charge in [0.1, 0.15) is 12.3 Å². The monoisotopic (exact) mass is 441 g/mol. The van der Waals surface area contributed by atoms with E-state index in [9.17, 15) is 14.9 Å². The number of amides is 1. The van der Waals surface area contributed by atoms with Crippen LogP contribution in [0, 0.1) is 10.1 Å². The molecule has 2 N–H and O–H groups in total. The molecule has 4 rings (SSSR count). The van der Waals surface area contributed by atoms with Crippen LogP contribution in [0.3, 0.4) is 0 Å². The highest BCUT2D eigenvalue weighted by Gasteiger charge is 2.25. The smallest absolute Gasteiger partial charge is 0.293 e. The van der Waals surface area contributed by atoms with Crippen LogP contribution in [0.2, 0.25) is 0 Å². The average molecular weight is 441 g/mol. The molecule has 1 heterocycles. The number of ether oxygens (including phenoxy) is 3. The Morgan fingerprint density at radius 3 is 2.72 bits per heavy atom. The lowest BCUT2D eigenvalue weighted by Crippen LogP contribution is -2.23. The highest BCUT2D eigenvalue weighted by molar-refractivity contribution is 5.95. The van der Waals surface area contributed by atoms with Gasteiger partial charge in [0.25, 0.3) is 11.6 Å². The molecule has 1 saturated carbocycles. The van der Waals surface area contributed by atoms with Crippen molar-refractivity contribution in [3.8, 4) is 11.5 Å². The molecule has 9 heteroatoms. The zero-order valence-corrected chi connectivity index (χ0v) is 18.0. The van der Waals surface area contributed by atoms with Gasteiger partial charge in [-0.25, -0.2) is 0 Å². The van der Waals surface area contributed by atoms with E-state index in [1.54, 1.807) is 31.4 Å². The van der Waals surface area contributed by atoms with Gasteiger partial charge in [0, 0.05) is 30.8 Å². The Morgan fingerprint density at radius 1 is 1.19 bits per heavy atom. The normalized spacial score (nSPS) is 17.6. The summed E-state index contributed by atoms with van der Waals surface area (Å²) < 4.78 is 16.8. The quantitative estimate of drug-likeness (QED) is 0.427. The van der Waals surface area contributed by atoms with Crippen LogP contribution in [0.4, 0.5) is 11.4 Å². The zero-order valence-electron chi connectivity index (χ0n) is 18.0. The number of nitro groups is 1. The lowest BCUT2D eigenvalue weighted by molar-refractivity contribution is -0.384. The standard InChI is InChI=1S/C23H27N3O6/c1-30-22-11-15(4-9-21(22)32-14-18-3-2-10-31-18)13-24-23(27)16-5-8-19(25-17-6-7-17)20(12-16)26(28)29/h4-5,8-9,11-12,17-18,25H,2-3,6-7,10,13-14H2,1H3,(H,24,27). The van der Waals surface area contributed by atoms with Crippen molar-refractivity contribution in [2.24, 2.45) is 0 Å². The Labute approximate surface area is 186 Å². The highest BCUT2D eigenvalue weighted by Crippen LogP contribution is 2.32.